The van der Waals surface area contributed by atoms with E-state index in [4.69, 9.17) is 14.2 Å². The summed E-state index contributed by atoms with van der Waals surface area (Å²) < 4.78 is 15.2. The van der Waals surface area contributed by atoms with Crippen LogP contribution in [-0.4, -0.2) is 49.1 Å². The Hall–Kier alpha value is -4.18. The Labute approximate surface area is 205 Å². The lowest BCUT2D eigenvalue weighted by molar-refractivity contribution is -0.132. The molecule has 1 N–H and O–H groups in total. The van der Waals surface area contributed by atoms with Gasteiger partial charge in [0.2, 0.25) is 0 Å². The highest BCUT2D eigenvalue weighted by atomic mass is 32.1. The molecule has 1 aromatic heterocycles. The SMILES string of the molecule is COC(=O)c1sc(N2C(=O)C(=O)C(=C(O)c3ccc(OC)cc3)[C@H]2c2ccc(OC)cc2)nc1C. The first-order valence-corrected chi connectivity index (χ1v) is 11.3. The molecule has 35 heavy (non-hydrogen) atoms. The Morgan fingerprint density at radius 2 is 1.54 bits per heavy atom. The number of anilines is 1. The predicted molar refractivity (Wildman–Crippen MR) is 129 cm³/mol. The van der Waals surface area contributed by atoms with Gasteiger partial charge in [0.25, 0.3) is 5.78 Å². The molecule has 1 fully saturated rings. The summed E-state index contributed by atoms with van der Waals surface area (Å²) in [7, 11) is 4.29. The fourth-order valence-electron chi connectivity index (χ4n) is 3.80. The number of carbonyl (C=O) groups is 3. The fraction of sp³-hybridized carbons (Fsp3) is 0.200. The Kier molecular flexibility index (Phi) is 6.57. The minimum absolute atomic E-state index is 0.0993. The van der Waals surface area contributed by atoms with E-state index in [1.165, 1.54) is 26.2 Å². The van der Waals surface area contributed by atoms with Crippen molar-refractivity contribution < 1.29 is 33.7 Å². The van der Waals surface area contributed by atoms with Crippen LogP contribution < -0.4 is 14.4 Å². The van der Waals surface area contributed by atoms with Crippen molar-refractivity contribution in [3.05, 3.63) is 75.8 Å². The maximum atomic E-state index is 13.3. The van der Waals surface area contributed by atoms with E-state index >= 15 is 0 Å². The van der Waals surface area contributed by atoms with Gasteiger partial charge in [-0.1, -0.05) is 23.5 Å². The minimum Gasteiger partial charge on any atom is -0.507 e. The monoisotopic (exact) mass is 494 g/mol. The maximum absolute atomic E-state index is 13.3. The van der Waals surface area contributed by atoms with Gasteiger partial charge in [0, 0.05) is 5.56 Å². The zero-order chi connectivity index (χ0) is 25.3. The standard InChI is InChI=1S/C25H22N2O7S/c1-13-22(24(31)34-4)35-25(26-13)27-19(14-5-9-16(32-2)10-6-14)18(21(29)23(27)30)20(28)15-7-11-17(33-3)12-8-15/h5-12,19,28H,1-4H3/t19-/m1/s1. The Bertz CT molecular complexity index is 1330. The van der Waals surface area contributed by atoms with Crippen LogP contribution in [0.3, 0.4) is 0 Å². The molecule has 0 bridgehead atoms. The number of aliphatic hydroxyl groups is 1. The second-order valence-corrected chi connectivity index (χ2v) is 8.55. The normalized spacial score (nSPS) is 16.9. The number of rotatable bonds is 6. The van der Waals surface area contributed by atoms with Crippen LogP contribution in [0.2, 0.25) is 0 Å². The fourth-order valence-corrected chi connectivity index (χ4v) is 4.81. The number of ketones is 1. The Balaban J connectivity index is 1.91. The summed E-state index contributed by atoms with van der Waals surface area (Å²) in [5.74, 6) is -1.52. The van der Waals surface area contributed by atoms with E-state index in [1.807, 2.05) is 0 Å². The molecule has 1 amide bonds. The van der Waals surface area contributed by atoms with Gasteiger partial charge in [-0.15, -0.1) is 0 Å². The number of amides is 1. The average Bonchev–Trinajstić information content (AvgIpc) is 3.39. The molecule has 0 saturated carbocycles. The highest BCUT2D eigenvalue weighted by Crippen LogP contribution is 2.44. The quantitative estimate of drug-likeness (QED) is 0.238. The van der Waals surface area contributed by atoms with Gasteiger partial charge >= 0.3 is 11.9 Å². The third-order valence-corrected chi connectivity index (χ3v) is 6.74. The third kappa shape index (κ3) is 4.24. The minimum atomic E-state index is -0.987. The molecule has 2 aromatic carbocycles. The largest absolute Gasteiger partial charge is 0.507 e. The van der Waals surface area contributed by atoms with Crippen LogP contribution in [0.15, 0.2) is 54.1 Å². The van der Waals surface area contributed by atoms with Crippen LogP contribution in [-0.2, 0) is 14.3 Å². The number of thiazole rings is 1. The number of nitrogens with zero attached hydrogens (tertiary/aromatic N) is 2. The lowest BCUT2D eigenvalue weighted by Gasteiger charge is -2.23. The third-order valence-electron chi connectivity index (χ3n) is 5.60. The number of hydrogen-bond donors (Lipinski definition) is 1. The van der Waals surface area contributed by atoms with Crippen molar-refractivity contribution >= 4 is 39.9 Å². The number of aromatic nitrogens is 1. The van der Waals surface area contributed by atoms with Gasteiger partial charge in [-0.25, -0.2) is 9.78 Å². The van der Waals surface area contributed by atoms with E-state index in [0.29, 0.717) is 28.3 Å². The first-order valence-electron chi connectivity index (χ1n) is 10.5. The molecule has 4 rings (SSSR count). The van der Waals surface area contributed by atoms with Gasteiger partial charge in [-0.3, -0.25) is 14.5 Å². The number of Topliss-reactive ketones (excluding diaryl/α,β-unsaturated/α-hetero) is 1. The van der Waals surface area contributed by atoms with Gasteiger partial charge in [-0.05, 0) is 48.9 Å². The first-order chi connectivity index (χ1) is 16.8. The summed E-state index contributed by atoms with van der Waals surface area (Å²) in [4.78, 5) is 44.4. The number of carbonyl (C=O) groups excluding carboxylic acids is 3. The number of benzene rings is 2. The number of aliphatic hydroxyl groups excluding tert-OH is 1. The Morgan fingerprint density at radius 3 is 2.09 bits per heavy atom. The molecule has 0 spiro atoms. The van der Waals surface area contributed by atoms with Crippen molar-refractivity contribution in [1.82, 2.24) is 4.98 Å². The average molecular weight is 495 g/mol. The molecule has 10 heteroatoms. The van der Waals surface area contributed by atoms with Crippen molar-refractivity contribution in [3.8, 4) is 11.5 Å². The highest BCUT2D eigenvalue weighted by Gasteiger charge is 2.48. The van der Waals surface area contributed by atoms with Gasteiger partial charge in [0.1, 0.15) is 22.1 Å². The molecule has 3 aromatic rings. The van der Waals surface area contributed by atoms with Crippen molar-refractivity contribution in [2.24, 2.45) is 0 Å². The van der Waals surface area contributed by atoms with Gasteiger partial charge in [-0.2, -0.15) is 0 Å². The molecular weight excluding hydrogens is 472 g/mol. The van der Waals surface area contributed by atoms with Crippen LogP contribution in [0.4, 0.5) is 5.13 Å². The number of methoxy groups -OCH3 is 3. The molecule has 0 aliphatic carbocycles. The van der Waals surface area contributed by atoms with E-state index in [9.17, 15) is 19.5 Å². The maximum Gasteiger partial charge on any atom is 0.350 e. The zero-order valence-corrected chi connectivity index (χ0v) is 20.2. The van der Waals surface area contributed by atoms with E-state index in [0.717, 1.165) is 11.3 Å². The predicted octanol–water partition coefficient (Wildman–Crippen LogP) is 3.88. The summed E-state index contributed by atoms with van der Waals surface area (Å²) in [6.07, 6.45) is 0. The summed E-state index contributed by atoms with van der Waals surface area (Å²) in [5.41, 5.74) is 1.15. The van der Waals surface area contributed by atoms with Crippen LogP contribution in [0, 0.1) is 6.92 Å². The summed E-state index contributed by atoms with van der Waals surface area (Å²) >= 11 is 0.938. The number of aryl methyl sites for hydroxylation is 1. The van der Waals surface area contributed by atoms with Crippen molar-refractivity contribution in [2.75, 3.05) is 26.2 Å². The van der Waals surface area contributed by atoms with Gasteiger partial charge in [0.15, 0.2) is 5.13 Å². The molecule has 1 atom stereocenters. The van der Waals surface area contributed by atoms with E-state index < -0.39 is 23.7 Å². The van der Waals surface area contributed by atoms with E-state index in [1.54, 1.807) is 55.5 Å². The molecule has 9 nitrogen and oxygen atoms in total. The van der Waals surface area contributed by atoms with Crippen LogP contribution in [0.5, 0.6) is 11.5 Å². The number of ether oxygens (including phenoxy) is 3. The van der Waals surface area contributed by atoms with Crippen LogP contribution in [0.25, 0.3) is 5.76 Å². The molecular formula is C25H22N2O7S. The topological polar surface area (TPSA) is 115 Å². The summed E-state index contributed by atoms with van der Waals surface area (Å²) in [6.45, 7) is 1.61. The summed E-state index contributed by atoms with van der Waals surface area (Å²) in [5, 5.41) is 11.3. The first kappa shape index (κ1) is 24.0. The number of esters is 1. The summed E-state index contributed by atoms with van der Waals surface area (Å²) in [6, 6.07) is 12.3. The van der Waals surface area contributed by atoms with Crippen LogP contribution >= 0.6 is 11.3 Å². The molecule has 1 aliphatic heterocycles. The van der Waals surface area contributed by atoms with Crippen molar-refractivity contribution in [3.63, 3.8) is 0 Å². The van der Waals surface area contributed by atoms with E-state index in [-0.39, 0.29) is 21.3 Å². The lowest BCUT2D eigenvalue weighted by Crippen LogP contribution is -2.29. The van der Waals surface area contributed by atoms with Crippen LogP contribution in [0.1, 0.15) is 32.5 Å². The molecule has 0 unspecified atom stereocenters. The van der Waals surface area contributed by atoms with Crippen molar-refractivity contribution in [2.45, 2.75) is 13.0 Å². The molecule has 2 heterocycles. The number of hydrogen-bond acceptors (Lipinski definition) is 9. The van der Waals surface area contributed by atoms with E-state index in [2.05, 4.69) is 4.98 Å². The molecule has 0 radical (unpaired) electrons. The van der Waals surface area contributed by atoms with Crippen molar-refractivity contribution in [1.29, 1.82) is 0 Å². The second kappa shape index (κ2) is 9.59. The molecule has 1 saturated heterocycles. The smallest absolute Gasteiger partial charge is 0.350 e. The molecule has 1 aliphatic rings. The Morgan fingerprint density at radius 1 is 0.971 bits per heavy atom. The highest BCUT2D eigenvalue weighted by molar-refractivity contribution is 7.17. The molecule has 180 valence electrons. The van der Waals surface area contributed by atoms with Gasteiger partial charge in [0.05, 0.1) is 38.6 Å². The lowest BCUT2D eigenvalue weighted by atomic mass is 9.95. The zero-order valence-electron chi connectivity index (χ0n) is 19.4. The second-order valence-electron chi connectivity index (χ2n) is 7.57. The van der Waals surface area contributed by atoms with Gasteiger partial charge < -0.3 is 19.3 Å².